The van der Waals surface area contributed by atoms with E-state index in [4.69, 9.17) is 4.74 Å². The van der Waals surface area contributed by atoms with Crippen LogP contribution in [-0.4, -0.2) is 30.2 Å². The van der Waals surface area contributed by atoms with E-state index in [0.717, 1.165) is 19.6 Å². The lowest BCUT2D eigenvalue weighted by atomic mass is 9.70. The number of hydrogen-bond acceptors (Lipinski definition) is 3. The van der Waals surface area contributed by atoms with E-state index in [1.165, 1.54) is 35.9 Å². The fourth-order valence-electron chi connectivity index (χ4n) is 4.98. The summed E-state index contributed by atoms with van der Waals surface area (Å²) in [6.07, 6.45) is 10.0. The monoisotopic (exact) mass is 339 g/mol. The summed E-state index contributed by atoms with van der Waals surface area (Å²) in [5.74, 6) is 0. The lowest BCUT2D eigenvalue weighted by molar-refractivity contribution is 0.0407. The number of unbranched alkanes of at least 4 members (excludes halogenated alkanes) is 1. The molecule has 0 saturated carbocycles. The Labute approximate surface area is 148 Å². The highest BCUT2D eigenvalue weighted by molar-refractivity contribution is 7.19. The summed E-state index contributed by atoms with van der Waals surface area (Å²) in [7, 11) is 0. The maximum atomic E-state index is 6.13. The van der Waals surface area contributed by atoms with E-state index < -0.39 is 0 Å². The fraction of sp³-hybridized carbons (Fsp3) is 0.524. The van der Waals surface area contributed by atoms with E-state index in [9.17, 15) is 0 Å². The van der Waals surface area contributed by atoms with Crippen molar-refractivity contribution in [2.45, 2.75) is 56.7 Å². The van der Waals surface area contributed by atoms with Gasteiger partial charge in [-0.25, -0.2) is 0 Å². The summed E-state index contributed by atoms with van der Waals surface area (Å²) in [5, 5.41) is 1.48. The first-order chi connectivity index (χ1) is 11.8. The van der Waals surface area contributed by atoms with Crippen LogP contribution in [0, 0.1) is 0 Å². The predicted octanol–water partition coefficient (Wildman–Crippen LogP) is 4.87. The van der Waals surface area contributed by atoms with Crippen molar-refractivity contribution in [1.29, 1.82) is 0 Å². The van der Waals surface area contributed by atoms with Crippen molar-refractivity contribution in [3.05, 3.63) is 46.9 Å². The van der Waals surface area contributed by atoms with Crippen molar-refractivity contribution >= 4 is 21.4 Å². The first-order valence-electron chi connectivity index (χ1n) is 9.38. The lowest BCUT2D eigenvalue weighted by Crippen LogP contribution is -2.49. The van der Waals surface area contributed by atoms with E-state index in [-0.39, 0.29) is 5.41 Å². The number of hydrogen-bond donors (Lipinski definition) is 0. The Balaban J connectivity index is 1.54. The van der Waals surface area contributed by atoms with Gasteiger partial charge in [-0.05, 0) is 36.3 Å². The summed E-state index contributed by atoms with van der Waals surface area (Å²) in [6.45, 7) is 5.48. The van der Waals surface area contributed by atoms with Gasteiger partial charge in [0.15, 0.2) is 0 Å². The van der Waals surface area contributed by atoms with Crippen molar-refractivity contribution in [1.82, 2.24) is 4.90 Å². The topological polar surface area (TPSA) is 12.5 Å². The summed E-state index contributed by atoms with van der Waals surface area (Å²) in [6, 6.07) is 9.59. The van der Waals surface area contributed by atoms with Crippen LogP contribution in [-0.2, 0) is 16.7 Å². The maximum absolute atomic E-state index is 6.13. The van der Waals surface area contributed by atoms with E-state index in [1.54, 1.807) is 10.4 Å². The molecule has 1 saturated heterocycles. The molecule has 126 valence electrons. The van der Waals surface area contributed by atoms with Crippen LogP contribution in [0.2, 0.25) is 0 Å². The first-order valence-corrected chi connectivity index (χ1v) is 10.2. The minimum Gasteiger partial charge on any atom is -0.374 e. The van der Waals surface area contributed by atoms with E-state index in [0.29, 0.717) is 12.1 Å². The molecule has 1 unspecified atom stereocenters. The molecular formula is C21H25NOS. The van der Waals surface area contributed by atoms with Gasteiger partial charge in [-0.15, -0.1) is 11.3 Å². The summed E-state index contributed by atoms with van der Waals surface area (Å²) in [5.41, 5.74) is 1.85. The van der Waals surface area contributed by atoms with Crippen LogP contribution in [0.5, 0.6) is 0 Å². The maximum Gasteiger partial charge on any atom is 0.0771 e. The molecule has 1 aromatic carbocycles. The fourth-order valence-corrected chi connectivity index (χ4v) is 6.44. The number of rotatable bonds is 4. The molecule has 0 amide bonds. The van der Waals surface area contributed by atoms with Gasteiger partial charge in [0.25, 0.3) is 0 Å². The molecule has 2 aliphatic heterocycles. The van der Waals surface area contributed by atoms with E-state index in [1.807, 2.05) is 11.3 Å². The van der Waals surface area contributed by atoms with Gasteiger partial charge in [0.05, 0.1) is 6.10 Å². The highest BCUT2D eigenvalue weighted by atomic mass is 32.1. The van der Waals surface area contributed by atoms with Gasteiger partial charge in [0.1, 0.15) is 0 Å². The smallest absolute Gasteiger partial charge is 0.0771 e. The van der Waals surface area contributed by atoms with Crippen molar-refractivity contribution in [3.63, 3.8) is 0 Å². The molecule has 0 spiro atoms. The molecule has 3 heteroatoms. The van der Waals surface area contributed by atoms with Crippen molar-refractivity contribution < 1.29 is 4.74 Å². The molecular weight excluding hydrogens is 314 g/mol. The zero-order chi connectivity index (χ0) is 16.1. The normalized spacial score (nSPS) is 33.6. The summed E-state index contributed by atoms with van der Waals surface area (Å²) < 4.78 is 7.59. The van der Waals surface area contributed by atoms with Crippen LogP contribution in [0.3, 0.4) is 0 Å². The third kappa shape index (κ3) is 2.08. The Morgan fingerprint density at radius 3 is 3.17 bits per heavy atom. The van der Waals surface area contributed by atoms with Gasteiger partial charge in [0.2, 0.25) is 0 Å². The minimum absolute atomic E-state index is 0.252. The van der Waals surface area contributed by atoms with Gasteiger partial charge >= 0.3 is 0 Å². The molecule has 1 aromatic heterocycles. The molecule has 2 bridgehead atoms. The second-order valence-electron chi connectivity index (χ2n) is 7.54. The molecule has 5 rings (SSSR count). The van der Waals surface area contributed by atoms with Gasteiger partial charge < -0.3 is 4.74 Å². The van der Waals surface area contributed by atoms with Crippen LogP contribution in [0.4, 0.5) is 0 Å². The molecule has 4 atom stereocenters. The highest BCUT2D eigenvalue weighted by Crippen LogP contribution is 2.55. The van der Waals surface area contributed by atoms with E-state index in [2.05, 4.69) is 48.2 Å². The Morgan fingerprint density at radius 2 is 2.25 bits per heavy atom. The molecule has 0 radical (unpaired) electrons. The third-order valence-corrected chi connectivity index (χ3v) is 7.63. The average Bonchev–Trinajstić information content (AvgIpc) is 3.12. The Hall–Kier alpha value is -1.16. The number of benzene rings is 1. The minimum atomic E-state index is 0.252. The van der Waals surface area contributed by atoms with Crippen molar-refractivity contribution in [2.75, 3.05) is 13.2 Å². The second kappa shape index (κ2) is 5.69. The molecule has 24 heavy (non-hydrogen) atoms. The van der Waals surface area contributed by atoms with Crippen molar-refractivity contribution in [3.8, 4) is 0 Å². The molecule has 2 nitrogen and oxygen atoms in total. The first kappa shape index (κ1) is 15.1. The number of nitrogens with zero attached hydrogens (tertiary/aromatic N) is 1. The molecule has 3 aliphatic rings. The average molecular weight is 340 g/mol. The number of ether oxygens (including phenoxy) is 1. The summed E-state index contributed by atoms with van der Waals surface area (Å²) in [4.78, 5) is 4.37. The lowest BCUT2D eigenvalue weighted by Gasteiger charge is -2.44. The standard InChI is InChI=1S/C21H25NOS/c1-2-3-12-23-15-8-9-21-10-11-22(19(21)13-15)14-17-16-6-4-5-7-18(16)24-20(17)21/h4-9,15,19H,2-3,10-14H2,1H3/t15-,19-,21+/m0/s1. The molecule has 1 fully saturated rings. The molecule has 3 heterocycles. The summed E-state index contributed by atoms with van der Waals surface area (Å²) >= 11 is 2.04. The zero-order valence-electron chi connectivity index (χ0n) is 14.3. The molecule has 0 N–H and O–H groups in total. The molecule has 1 aliphatic carbocycles. The largest absolute Gasteiger partial charge is 0.374 e. The van der Waals surface area contributed by atoms with Crippen LogP contribution in [0.1, 0.15) is 43.0 Å². The highest BCUT2D eigenvalue weighted by Gasteiger charge is 2.54. The number of fused-ring (bicyclic) bond motifs is 3. The van der Waals surface area contributed by atoms with Crippen LogP contribution in [0.25, 0.3) is 10.1 Å². The van der Waals surface area contributed by atoms with Crippen LogP contribution >= 0.6 is 11.3 Å². The SMILES string of the molecule is CCCCO[C@H]1C=C[C@]23CCN(Cc4c2sc2ccccc42)[C@H]3C1. The Kier molecular flexibility index (Phi) is 3.58. The van der Waals surface area contributed by atoms with Gasteiger partial charge in [-0.3, -0.25) is 4.90 Å². The van der Waals surface area contributed by atoms with Crippen LogP contribution < -0.4 is 0 Å². The van der Waals surface area contributed by atoms with Crippen LogP contribution in [0.15, 0.2) is 36.4 Å². The molecule has 2 aromatic rings. The van der Waals surface area contributed by atoms with Gasteiger partial charge in [-0.1, -0.05) is 43.7 Å². The quantitative estimate of drug-likeness (QED) is 0.582. The van der Waals surface area contributed by atoms with Gasteiger partial charge in [0, 0.05) is 40.7 Å². The Morgan fingerprint density at radius 1 is 1.33 bits per heavy atom. The van der Waals surface area contributed by atoms with Crippen molar-refractivity contribution in [2.24, 2.45) is 0 Å². The second-order valence-corrected chi connectivity index (χ2v) is 8.59. The Bertz CT molecular complexity index is 794. The zero-order valence-corrected chi connectivity index (χ0v) is 15.1. The predicted molar refractivity (Wildman–Crippen MR) is 101 cm³/mol. The van der Waals surface area contributed by atoms with E-state index >= 15 is 0 Å². The third-order valence-electron chi connectivity index (χ3n) is 6.22. The number of thiophene rings is 1. The van der Waals surface area contributed by atoms with Gasteiger partial charge in [-0.2, -0.15) is 0 Å².